The topological polar surface area (TPSA) is 61.8 Å². The summed E-state index contributed by atoms with van der Waals surface area (Å²) in [5.74, 6) is 1.24. The van der Waals surface area contributed by atoms with Gasteiger partial charge in [0.25, 0.3) is 0 Å². The number of unbranched alkanes of at least 4 members (excludes halogenated alkanes) is 1. The maximum atomic E-state index is 10.8. The molecule has 2 aromatic rings. The molecule has 0 fully saturated rings. The Bertz CT molecular complexity index is 855. The number of anilines is 3. The Kier molecular flexibility index (Phi) is 7.47. The van der Waals surface area contributed by atoms with E-state index < -0.39 is 5.97 Å². The molecular weight excluding hydrogens is 384 g/mol. The minimum atomic E-state index is -1.03. The third-order valence-electron chi connectivity index (χ3n) is 4.98. The number of para-hydroxylation sites is 1. The summed E-state index contributed by atoms with van der Waals surface area (Å²) in [5, 5.41) is 12.0. The molecule has 0 saturated heterocycles. The van der Waals surface area contributed by atoms with Gasteiger partial charge in [-0.15, -0.1) is 11.8 Å². The fourth-order valence-electron chi connectivity index (χ4n) is 3.47. The molecule has 0 radical (unpaired) electrons. The van der Waals surface area contributed by atoms with E-state index >= 15 is 0 Å². The lowest BCUT2D eigenvalue weighted by atomic mass is 10.0. The van der Waals surface area contributed by atoms with Crippen LogP contribution in [-0.4, -0.2) is 30.4 Å². The second-order valence-corrected chi connectivity index (χ2v) is 8.15. The quantitative estimate of drug-likeness (QED) is 0.425. The van der Waals surface area contributed by atoms with Gasteiger partial charge in [0.05, 0.1) is 23.7 Å². The van der Waals surface area contributed by atoms with Gasteiger partial charge in [-0.05, 0) is 36.6 Å². The fourth-order valence-corrected chi connectivity index (χ4v) is 4.67. The first kappa shape index (κ1) is 21.1. The first-order valence-corrected chi connectivity index (χ1v) is 11.0. The van der Waals surface area contributed by atoms with Crippen LogP contribution in [0.2, 0.25) is 0 Å². The standard InChI is InChI=1S/C23H28N2O3S/c1-3-4-8-17-15-25(18-9-6-5-7-10-18)20-13-19(24-2)21(14-22(20)29-16-17)28-12-11-23(26)27/h5-7,9-14,17,24H,3-4,8,15-16H2,1-2H3,(H,26,27)/b12-11+. The van der Waals surface area contributed by atoms with E-state index in [-0.39, 0.29) is 0 Å². The molecule has 1 heterocycles. The molecule has 0 aromatic heterocycles. The van der Waals surface area contributed by atoms with E-state index in [1.807, 2.05) is 30.9 Å². The van der Waals surface area contributed by atoms with Crippen molar-refractivity contribution < 1.29 is 14.6 Å². The second kappa shape index (κ2) is 10.3. The highest BCUT2D eigenvalue weighted by Gasteiger charge is 2.25. The first-order valence-electron chi connectivity index (χ1n) is 9.99. The van der Waals surface area contributed by atoms with E-state index in [1.54, 1.807) is 0 Å². The molecule has 1 unspecified atom stereocenters. The zero-order valence-electron chi connectivity index (χ0n) is 16.9. The number of rotatable bonds is 8. The SMILES string of the molecule is CCCCC1CSc2cc(O/C=C/C(=O)O)c(NC)cc2N(c2ccccc2)C1. The number of hydrogen-bond acceptors (Lipinski definition) is 5. The second-order valence-electron chi connectivity index (χ2n) is 7.09. The summed E-state index contributed by atoms with van der Waals surface area (Å²) >= 11 is 1.85. The minimum absolute atomic E-state index is 0.599. The molecule has 1 atom stereocenters. The molecule has 1 aliphatic heterocycles. The van der Waals surface area contributed by atoms with Crippen LogP contribution in [0.1, 0.15) is 26.2 Å². The average molecular weight is 413 g/mol. The number of fused-ring (bicyclic) bond motifs is 1. The number of hydrogen-bond donors (Lipinski definition) is 2. The molecule has 2 aromatic carbocycles. The maximum Gasteiger partial charge on any atom is 0.331 e. The molecule has 0 spiro atoms. The summed E-state index contributed by atoms with van der Waals surface area (Å²) < 4.78 is 5.62. The summed E-state index contributed by atoms with van der Waals surface area (Å²) in [4.78, 5) is 14.3. The van der Waals surface area contributed by atoms with Gasteiger partial charge in [0, 0.05) is 29.9 Å². The molecule has 3 rings (SSSR count). The highest BCUT2D eigenvalue weighted by atomic mass is 32.2. The van der Waals surface area contributed by atoms with Crippen molar-refractivity contribution in [1.82, 2.24) is 0 Å². The molecule has 0 amide bonds. The molecule has 0 bridgehead atoms. The third-order valence-corrected chi connectivity index (χ3v) is 6.25. The monoisotopic (exact) mass is 412 g/mol. The van der Waals surface area contributed by atoms with Crippen molar-refractivity contribution in [2.75, 3.05) is 29.6 Å². The number of benzene rings is 2. The predicted octanol–water partition coefficient (Wildman–Crippen LogP) is 5.76. The molecule has 154 valence electrons. The molecule has 1 aliphatic rings. The summed E-state index contributed by atoms with van der Waals surface area (Å²) in [6, 6.07) is 14.6. The van der Waals surface area contributed by atoms with Crippen molar-refractivity contribution >= 4 is 34.8 Å². The van der Waals surface area contributed by atoms with Crippen LogP contribution >= 0.6 is 11.8 Å². The number of aliphatic carboxylic acids is 1. The molecule has 29 heavy (non-hydrogen) atoms. The molecule has 2 N–H and O–H groups in total. The van der Waals surface area contributed by atoms with Crippen LogP contribution in [-0.2, 0) is 4.79 Å². The number of thioether (sulfide) groups is 1. The van der Waals surface area contributed by atoms with Crippen molar-refractivity contribution in [3.63, 3.8) is 0 Å². The van der Waals surface area contributed by atoms with Crippen LogP contribution in [0.3, 0.4) is 0 Å². The highest BCUT2D eigenvalue weighted by molar-refractivity contribution is 7.99. The fraction of sp³-hybridized carbons (Fsp3) is 0.348. The highest BCUT2D eigenvalue weighted by Crippen LogP contribution is 2.45. The van der Waals surface area contributed by atoms with Crippen LogP contribution < -0.4 is 15.0 Å². The maximum absolute atomic E-state index is 10.8. The predicted molar refractivity (Wildman–Crippen MR) is 121 cm³/mol. The summed E-state index contributed by atoms with van der Waals surface area (Å²) in [6.07, 6.45) is 5.86. The van der Waals surface area contributed by atoms with E-state index in [4.69, 9.17) is 9.84 Å². The van der Waals surface area contributed by atoms with E-state index in [2.05, 4.69) is 47.5 Å². The van der Waals surface area contributed by atoms with Crippen molar-refractivity contribution in [2.45, 2.75) is 31.1 Å². The Morgan fingerprint density at radius 3 is 2.83 bits per heavy atom. The van der Waals surface area contributed by atoms with Crippen LogP contribution in [0.4, 0.5) is 17.1 Å². The zero-order chi connectivity index (χ0) is 20.6. The smallest absolute Gasteiger partial charge is 0.331 e. The summed E-state index contributed by atoms with van der Waals surface area (Å²) in [5.41, 5.74) is 3.16. The Hall–Kier alpha value is -2.60. The van der Waals surface area contributed by atoms with Gasteiger partial charge in [0.15, 0.2) is 5.75 Å². The Balaban J connectivity index is 1.99. The van der Waals surface area contributed by atoms with Crippen molar-refractivity contribution in [3.05, 3.63) is 54.8 Å². The number of ether oxygens (including phenoxy) is 1. The van der Waals surface area contributed by atoms with Crippen molar-refractivity contribution in [3.8, 4) is 5.75 Å². The van der Waals surface area contributed by atoms with Crippen LogP contribution in [0.5, 0.6) is 5.75 Å². The lowest BCUT2D eigenvalue weighted by molar-refractivity contribution is -0.131. The molecule has 6 heteroatoms. The average Bonchev–Trinajstić information content (AvgIpc) is 2.91. The van der Waals surface area contributed by atoms with Gasteiger partial charge >= 0.3 is 5.97 Å². The number of nitrogens with one attached hydrogen (secondary N) is 1. The third kappa shape index (κ3) is 5.48. The summed E-state index contributed by atoms with van der Waals surface area (Å²) in [6.45, 7) is 3.22. The van der Waals surface area contributed by atoms with Crippen LogP contribution in [0.25, 0.3) is 0 Å². The van der Waals surface area contributed by atoms with Gasteiger partial charge in [0.2, 0.25) is 0 Å². The summed E-state index contributed by atoms with van der Waals surface area (Å²) in [7, 11) is 1.84. The minimum Gasteiger partial charge on any atom is -0.478 e. The van der Waals surface area contributed by atoms with Gasteiger partial charge in [0.1, 0.15) is 0 Å². The van der Waals surface area contributed by atoms with E-state index in [1.165, 1.54) is 31.2 Å². The van der Waals surface area contributed by atoms with Crippen LogP contribution in [0.15, 0.2) is 59.7 Å². The van der Waals surface area contributed by atoms with Gasteiger partial charge in [-0.2, -0.15) is 0 Å². The van der Waals surface area contributed by atoms with Crippen molar-refractivity contribution in [1.29, 1.82) is 0 Å². The number of nitrogens with zero attached hydrogens (tertiary/aromatic N) is 1. The number of carboxylic acid groups (broad SMARTS) is 1. The van der Waals surface area contributed by atoms with Gasteiger partial charge in [-0.1, -0.05) is 38.0 Å². The van der Waals surface area contributed by atoms with E-state index in [0.29, 0.717) is 11.7 Å². The molecule has 0 aliphatic carbocycles. The Morgan fingerprint density at radius 2 is 2.14 bits per heavy atom. The first-order chi connectivity index (χ1) is 14.1. The number of carbonyl (C=O) groups is 1. The lowest BCUT2D eigenvalue weighted by Crippen LogP contribution is -2.25. The Labute approximate surface area is 176 Å². The molecule has 0 saturated carbocycles. The largest absolute Gasteiger partial charge is 0.478 e. The van der Waals surface area contributed by atoms with Gasteiger partial charge in [-0.25, -0.2) is 4.79 Å². The zero-order valence-corrected chi connectivity index (χ0v) is 17.7. The van der Waals surface area contributed by atoms with Crippen molar-refractivity contribution in [2.24, 2.45) is 5.92 Å². The molecule has 5 nitrogen and oxygen atoms in total. The van der Waals surface area contributed by atoms with Crippen LogP contribution in [0, 0.1) is 5.92 Å². The number of carboxylic acids is 1. The van der Waals surface area contributed by atoms with E-state index in [0.717, 1.165) is 34.6 Å². The lowest BCUT2D eigenvalue weighted by Gasteiger charge is -2.28. The van der Waals surface area contributed by atoms with E-state index in [9.17, 15) is 4.79 Å². The Morgan fingerprint density at radius 1 is 1.34 bits per heavy atom. The van der Waals surface area contributed by atoms with Gasteiger partial charge in [-0.3, -0.25) is 0 Å². The van der Waals surface area contributed by atoms with Gasteiger partial charge < -0.3 is 20.1 Å². The normalized spacial score (nSPS) is 16.3. The molecular formula is C23H28N2O3S.